The van der Waals surface area contributed by atoms with E-state index in [1.54, 1.807) is 0 Å². The van der Waals surface area contributed by atoms with Gasteiger partial charge in [0.25, 0.3) is 0 Å². The Morgan fingerprint density at radius 2 is 1.38 bits per heavy atom. The normalized spacial score (nSPS) is 11.6. The predicted octanol–water partition coefficient (Wildman–Crippen LogP) is 7.35. The van der Waals surface area contributed by atoms with Crippen LogP contribution in [0.2, 0.25) is 0 Å². The summed E-state index contributed by atoms with van der Waals surface area (Å²) in [5, 5.41) is 2.52. The fraction of sp³-hybridized carbons (Fsp3) is 0. The highest BCUT2D eigenvalue weighted by Crippen LogP contribution is 2.33. The zero-order chi connectivity index (χ0) is 19.4. The molecule has 4 aromatic carbocycles. The quantitative estimate of drug-likeness (QED) is 0.282. The Kier molecular flexibility index (Phi) is 3.61. The van der Waals surface area contributed by atoms with E-state index in [2.05, 4.69) is 98.3 Å². The van der Waals surface area contributed by atoms with Gasteiger partial charge in [0.1, 0.15) is 5.52 Å². The molecule has 0 radical (unpaired) electrons. The van der Waals surface area contributed by atoms with Crippen LogP contribution in [0, 0.1) is 0 Å². The second-order valence-corrected chi connectivity index (χ2v) is 7.96. The highest BCUT2D eigenvalue weighted by atomic mass is 79.9. The molecule has 0 spiro atoms. The number of aromatic nitrogens is 2. The summed E-state index contributed by atoms with van der Waals surface area (Å²) in [5.41, 5.74) is 6.11. The van der Waals surface area contributed by atoms with E-state index in [4.69, 9.17) is 4.42 Å². The largest absolute Gasteiger partial charge is 0.436 e. The number of oxazole rings is 1. The summed E-state index contributed by atoms with van der Waals surface area (Å²) in [6.45, 7) is 0. The van der Waals surface area contributed by atoms with Crippen molar-refractivity contribution < 1.29 is 4.42 Å². The molecule has 0 aliphatic carbocycles. The summed E-state index contributed by atoms with van der Waals surface area (Å²) in [7, 11) is 0. The van der Waals surface area contributed by atoms with Gasteiger partial charge in [-0.3, -0.25) is 0 Å². The number of nitrogens with zero attached hydrogens (tertiary/aromatic N) is 2. The van der Waals surface area contributed by atoms with Gasteiger partial charge in [-0.15, -0.1) is 0 Å². The van der Waals surface area contributed by atoms with Crippen LogP contribution in [-0.4, -0.2) is 9.55 Å². The summed E-state index contributed by atoms with van der Waals surface area (Å²) in [6.07, 6.45) is 0. The lowest BCUT2D eigenvalue weighted by Crippen LogP contribution is -1.93. The first-order valence-corrected chi connectivity index (χ1v) is 10.2. The molecule has 2 heterocycles. The molecule has 138 valence electrons. The van der Waals surface area contributed by atoms with Crippen LogP contribution in [0.4, 0.5) is 0 Å². The number of rotatable bonds is 2. The summed E-state index contributed by atoms with van der Waals surface area (Å²) >= 11 is 3.48. The first-order chi connectivity index (χ1) is 14.3. The van der Waals surface area contributed by atoms with Crippen molar-refractivity contribution in [1.82, 2.24) is 9.55 Å². The maximum Gasteiger partial charge on any atom is 0.227 e. The molecule has 4 heteroatoms. The number of halogens is 1. The zero-order valence-corrected chi connectivity index (χ0v) is 16.9. The first kappa shape index (κ1) is 16.6. The molecule has 0 aliphatic rings. The monoisotopic (exact) mass is 438 g/mol. The molecule has 0 saturated heterocycles. The minimum atomic E-state index is 0.631. The van der Waals surface area contributed by atoms with E-state index in [1.807, 2.05) is 18.2 Å². The van der Waals surface area contributed by atoms with Crippen LogP contribution in [-0.2, 0) is 0 Å². The molecule has 0 saturated carbocycles. The number of benzene rings is 4. The highest BCUT2D eigenvalue weighted by Gasteiger charge is 2.13. The Bertz CT molecular complexity index is 1460. The second-order valence-electron chi connectivity index (χ2n) is 7.05. The van der Waals surface area contributed by atoms with Gasteiger partial charge in [-0.1, -0.05) is 52.3 Å². The number of fused-ring (bicyclic) bond motifs is 4. The van der Waals surface area contributed by atoms with Crippen molar-refractivity contribution in [3.63, 3.8) is 0 Å². The Labute approximate surface area is 175 Å². The summed E-state index contributed by atoms with van der Waals surface area (Å²) in [5.74, 6) is 0.631. The molecule has 0 aliphatic heterocycles. The molecular formula is C25H15BrN2O. The maximum atomic E-state index is 5.96. The van der Waals surface area contributed by atoms with E-state index in [0.717, 1.165) is 26.8 Å². The maximum absolute atomic E-state index is 5.96. The van der Waals surface area contributed by atoms with Gasteiger partial charge in [-0.05, 0) is 54.6 Å². The van der Waals surface area contributed by atoms with Gasteiger partial charge >= 0.3 is 0 Å². The molecule has 2 aromatic heterocycles. The number of para-hydroxylation sites is 2. The second kappa shape index (κ2) is 6.33. The number of hydrogen-bond donors (Lipinski definition) is 0. The van der Waals surface area contributed by atoms with Crippen molar-refractivity contribution in [2.24, 2.45) is 0 Å². The standard InChI is InChI=1S/C25H15BrN2O/c26-17-11-14-21-24(15-17)29-25(27-21)16-9-12-18(13-10-16)28-22-7-3-1-5-19(22)20-6-2-4-8-23(20)28/h1-15H. The van der Waals surface area contributed by atoms with Crippen LogP contribution in [0.25, 0.3) is 50.0 Å². The van der Waals surface area contributed by atoms with E-state index >= 15 is 0 Å². The van der Waals surface area contributed by atoms with Crippen LogP contribution in [0.15, 0.2) is 99.9 Å². The van der Waals surface area contributed by atoms with Gasteiger partial charge in [0.05, 0.1) is 11.0 Å². The van der Waals surface area contributed by atoms with E-state index in [-0.39, 0.29) is 0 Å². The first-order valence-electron chi connectivity index (χ1n) is 9.43. The SMILES string of the molecule is Brc1ccc2nc(-c3ccc(-n4c5ccccc5c5ccccc54)cc3)oc2c1. The Morgan fingerprint density at radius 1 is 0.724 bits per heavy atom. The van der Waals surface area contributed by atoms with Crippen molar-refractivity contribution in [3.8, 4) is 17.1 Å². The van der Waals surface area contributed by atoms with Gasteiger partial charge in [-0.2, -0.15) is 0 Å². The average molecular weight is 439 g/mol. The van der Waals surface area contributed by atoms with Crippen LogP contribution < -0.4 is 0 Å². The Morgan fingerprint density at radius 3 is 2.07 bits per heavy atom. The van der Waals surface area contributed by atoms with Crippen molar-refractivity contribution in [1.29, 1.82) is 0 Å². The van der Waals surface area contributed by atoms with E-state index in [1.165, 1.54) is 21.8 Å². The zero-order valence-electron chi connectivity index (χ0n) is 15.3. The fourth-order valence-electron chi connectivity index (χ4n) is 3.98. The summed E-state index contributed by atoms with van der Waals surface area (Å²) in [4.78, 5) is 4.62. The molecule has 0 fully saturated rings. The molecule has 6 aromatic rings. The van der Waals surface area contributed by atoms with Crippen molar-refractivity contribution >= 4 is 48.8 Å². The molecule has 0 bridgehead atoms. The summed E-state index contributed by atoms with van der Waals surface area (Å²) in [6, 6.07) is 31.3. The van der Waals surface area contributed by atoms with E-state index in [0.29, 0.717) is 5.89 Å². The van der Waals surface area contributed by atoms with Crippen LogP contribution in [0.1, 0.15) is 0 Å². The van der Waals surface area contributed by atoms with Gasteiger partial charge < -0.3 is 8.98 Å². The van der Waals surface area contributed by atoms with Gasteiger partial charge in [-0.25, -0.2) is 4.98 Å². The third kappa shape index (κ3) is 2.60. The molecule has 0 N–H and O–H groups in total. The lowest BCUT2D eigenvalue weighted by Gasteiger charge is -2.08. The van der Waals surface area contributed by atoms with Crippen molar-refractivity contribution in [2.45, 2.75) is 0 Å². The van der Waals surface area contributed by atoms with Crippen molar-refractivity contribution in [3.05, 3.63) is 95.5 Å². The lowest BCUT2D eigenvalue weighted by molar-refractivity contribution is 0.619. The molecule has 6 rings (SSSR count). The molecule has 0 amide bonds. The Balaban J connectivity index is 1.50. The van der Waals surface area contributed by atoms with Gasteiger partial charge in [0.2, 0.25) is 5.89 Å². The lowest BCUT2D eigenvalue weighted by atomic mass is 10.2. The highest BCUT2D eigenvalue weighted by molar-refractivity contribution is 9.10. The van der Waals surface area contributed by atoms with E-state index < -0.39 is 0 Å². The smallest absolute Gasteiger partial charge is 0.227 e. The fourth-order valence-corrected chi connectivity index (χ4v) is 4.32. The molecule has 0 atom stereocenters. The van der Waals surface area contributed by atoms with E-state index in [9.17, 15) is 0 Å². The summed E-state index contributed by atoms with van der Waals surface area (Å²) < 4.78 is 9.24. The molecule has 29 heavy (non-hydrogen) atoms. The topological polar surface area (TPSA) is 31.0 Å². The molecular weight excluding hydrogens is 424 g/mol. The third-order valence-corrected chi connectivity index (χ3v) is 5.80. The molecule has 3 nitrogen and oxygen atoms in total. The minimum absolute atomic E-state index is 0.631. The third-order valence-electron chi connectivity index (χ3n) is 5.30. The molecule has 0 unspecified atom stereocenters. The predicted molar refractivity (Wildman–Crippen MR) is 121 cm³/mol. The van der Waals surface area contributed by atoms with Crippen LogP contribution in [0.5, 0.6) is 0 Å². The Hall–Kier alpha value is -3.37. The van der Waals surface area contributed by atoms with Crippen molar-refractivity contribution in [2.75, 3.05) is 0 Å². The average Bonchev–Trinajstić information content (AvgIpc) is 3.33. The minimum Gasteiger partial charge on any atom is -0.436 e. The van der Waals surface area contributed by atoms with Gasteiger partial charge in [0, 0.05) is 26.5 Å². The van der Waals surface area contributed by atoms with Crippen LogP contribution in [0.3, 0.4) is 0 Å². The van der Waals surface area contributed by atoms with Crippen LogP contribution >= 0.6 is 15.9 Å². The number of hydrogen-bond acceptors (Lipinski definition) is 2. The van der Waals surface area contributed by atoms with Gasteiger partial charge in [0.15, 0.2) is 5.58 Å².